The second-order valence-electron chi connectivity index (χ2n) is 4.25. The molecular formula is C15H15NO3. The molecule has 2 rings (SSSR count). The van der Waals surface area contributed by atoms with E-state index in [1.54, 1.807) is 13.0 Å². The largest absolute Gasteiger partial charge is 0.467 e. The summed E-state index contributed by atoms with van der Waals surface area (Å²) in [4.78, 5) is 23.5. The lowest BCUT2D eigenvalue weighted by Crippen LogP contribution is -2.39. The van der Waals surface area contributed by atoms with E-state index in [1.165, 1.54) is 7.11 Å². The zero-order valence-corrected chi connectivity index (χ0v) is 10.8. The summed E-state index contributed by atoms with van der Waals surface area (Å²) in [7, 11) is 1.29. The molecule has 19 heavy (non-hydrogen) atoms. The summed E-state index contributed by atoms with van der Waals surface area (Å²) >= 11 is 0. The SMILES string of the molecule is COC(=O)[C@@H](C)NC(=O)c1cccc2ccccc12. The lowest BCUT2D eigenvalue weighted by atomic mass is 10.0. The Labute approximate surface area is 111 Å². The molecule has 98 valence electrons. The average molecular weight is 257 g/mol. The molecule has 0 bridgehead atoms. The van der Waals surface area contributed by atoms with E-state index >= 15 is 0 Å². The Morgan fingerprint density at radius 3 is 2.53 bits per heavy atom. The Hall–Kier alpha value is -2.36. The number of esters is 1. The standard InChI is InChI=1S/C15H15NO3/c1-10(15(18)19-2)16-14(17)13-9-5-7-11-6-3-4-8-12(11)13/h3-10H,1-2H3,(H,16,17)/t10-/m1/s1. The summed E-state index contributed by atoms with van der Waals surface area (Å²) in [6.45, 7) is 1.59. The predicted molar refractivity (Wildman–Crippen MR) is 72.9 cm³/mol. The fourth-order valence-electron chi connectivity index (χ4n) is 1.93. The number of hydrogen-bond acceptors (Lipinski definition) is 3. The molecule has 1 N–H and O–H groups in total. The van der Waals surface area contributed by atoms with Gasteiger partial charge in [-0.25, -0.2) is 4.79 Å². The molecule has 2 aromatic rings. The third-order valence-corrected chi connectivity index (χ3v) is 2.94. The second kappa shape index (κ2) is 5.52. The van der Waals surface area contributed by atoms with Crippen LogP contribution in [0.25, 0.3) is 10.8 Å². The van der Waals surface area contributed by atoms with Crippen molar-refractivity contribution < 1.29 is 14.3 Å². The highest BCUT2D eigenvalue weighted by Crippen LogP contribution is 2.18. The number of methoxy groups -OCH3 is 1. The van der Waals surface area contributed by atoms with Crippen LogP contribution < -0.4 is 5.32 Å². The number of rotatable bonds is 3. The molecule has 0 aliphatic carbocycles. The third kappa shape index (κ3) is 2.73. The molecule has 0 unspecified atom stereocenters. The number of fused-ring (bicyclic) bond motifs is 1. The van der Waals surface area contributed by atoms with Crippen LogP contribution in [-0.2, 0) is 9.53 Å². The molecule has 2 aromatic carbocycles. The minimum atomic E-state index is -0.670. The fourth-order valence-corrected chi connectivity index (χ4v) is 1.93. The Kier molecular flexibility index (Phi) is 3.80. The topological polar surface area (TPSA) is 55.4 Å². The van der Waals surface area contributed by atoms with E-state index in [4.69, 9.17) is 0 Å². The van der Waals surface area contributed by atoms with Crippen molar-refractivity contribution in [2.24, 2.45) is 0 Å². The minimum absolute atomic E-state index is 0.283. The molecule has 0 heterocycles. The molecule has 0 aromatic heterocycles. The molecule has 4 nitrogen and oxygen atoms in total. The van der Waals surface area contributed by atoms with Crippen LogP contribution in [0.5, 0.6) is 0 Å². The maximum atomic E-state index is 12.2. The first-order valence-electron chi connectivity index (χ1n) is 6.00. The first kappa shape index (κ1) is 13.1. The van der Waals surface area contributed by atoms with E-state index in [1.807, 2.05) is 36.4 Å². The summed E-state index contributed by atoms with van der Waals surface area (Å²) in [6, 6.07) is 12.4. The van der Waals surface area contributed by atoms with Crippen molar-refractivity contribution in [3.8, 4) is 0 Å². The number of carbonyl (C=O) groups is 2. The van der Waals surface area contributed by atoms with Gasteiger partial charge in [0.1, 0.15) is 6.04 Å². The van der Waals surface area contributed by atoms with Crippen molar-refractivity contribution in [3.05, 3.63) is 48.0 Å². The van der Waals surface area contributed by atoms with E-state index in [-0.39, 0.29) is 5.91 Å². The van der Waals surface area contributed by atoms with Crippen LogP contribution in [0, 0.1) is 0 Å². The van der Waals surface area contributed by atoms with Gasteiger partial charge >= 0.3 is 5.97 Å². The Morgan fingerprint density at radius 2 is 1.79 bits per heavy atom. The van der Waals surface area contributed by atoms with Gasteiger partial charge in [-0.15, -0.1) is 0 Å². The van der Waals surface area contributed by atoms with Crippen molar-refractivity contribution in [2.45, 2.75) is 13.0 Å². The monoisotopic (exact) mass is 257 g/mol. The van der Waals surface area contributed by atoms with Gasteiger partial charge in [0.15, 0.2) is 0 Å². The zero-order valence-electron chi connectivity index (χ0n) is 10.8. The van der Waals surface area contributed by atoms with Gasteiger partial charge < -0.3 is 10.1 Å². The highest BCUT2D eigenvalue weighted by molar-refractivity contribution is 6.07. The highest BCUT2D eigenvalue weighted by Gasteiger charge is 2.17. The lowest BCUT2D eigenvalue weighted by Gasteiger charge is -2.12. The first-order chi connectivity index (χ1) is 9.13. The first-order valence-corrected chi connectivity index (χ1v) is 6.00. The van der Waals surface area contributed by atoms with Gasteiger partial charge in [-0.1, -0.05) is 36.4 Å². The van der Waals surface area contributed by atoms with Crippen LogP contribution in [0.2, 0.25) is 0 Å². The fraction of sp³-hybridized carbons (Fsp3) is 0.200. The number of benzene rings is 2. The molecule has 0 saturated carbocycles. The maximum Gasteiger partial charge on any atom is 0.328 e. The molecule has 1 amide bonds. The Balaban J connectivity index is 2.29. The summed E-state index contributed by atoms with van der Waals surface area (Å²) in [5.41, 5.74) is 0.550. The number of carbonyl (C=O) groups excluding carboxylic acids is 2. The van der Waals surface area contributed by atoms with Gasteiger partial charge in [0.05, 0.1) is 7.11 Å². The smallest absolute Gasteiger partial charge is 0.328 e. The highest BCUT2D eigenvalue weighted by atomic mass is 16.5. The van der Waals surface area contributed by atoms with Crippen LogP contribution in [-0.4, -0.2) is 25.0 Å². The Bertz CT molecular complexity index is 616. The van der Waals surface area contributed by atoms with E-state index in [2.05, 4.69) is 10.1 Å². The second-order valence-corrected chi connectivity index (χ2v) is 4.25. The van der Waals surface area contributed by atoms with Gasteiger partial charge in [-0.05, 0) is 23.8 Å². The van der Waals surface area contributed by atoms with Crippen LogP contribution in [0.4, 0.5) is 0 Å². The normalized spacial score (nSPS) is 11.9. The van der Waals surface area contributed by atoms with Crippen molar-refractivity contribution in [3.63, 3.8) is 0 Å². The van der Waals surface area contributed by atoms with Crippen LogP contribution in [0.3, 0.4) is 0 Å². The summed E-state index contributed by atoms with van der Waals surface area (Å²) in [6.07, 6.45) is 0. The molecule has 0 aliphatic rings. The van der Waals surface area contributed by atoms with Gasteiger partial charge in [0.25, 0.3) is 5.91 Å². The van der Waals surface area contributed by atoms with Crippen molar-refractivity contribution in [1.29, 1.82) is 0 Å². The molecule has 0 spiro atoms. The summed E-state index contributed by atoms with van der Waals surface area (Å²) in [5.74, 6) is -0.747. The predicted octanol–water partition coefficient (Wildman–Crippen LogP) is 2.13. The molecule has 4 heteroatoms. The maximum absolute atomic E-state index is 12.2. The third-order valence-electron chi connectivity index (χ3n) is 2.94. The van der Waals surface area contributed by atoms with Crippen molar-refractivity contribution in [2.75, 3.05) is 7.11 Å². The van der Waals surface area contributed by atoms with Gasteiger partial charge in [0, 0.05) is 5.56 Å². The average Bonchev–Trinajstić information content (AvgIpc) is 2.45. The molecule has 0 aliphatic heterocycles. The molecule has 1 atom stereocenters. The molecular weight excluding hydrogens is 242 g/mol. The van der Waals surface area contributed by atoms with Gasteiger partial charge in [-0.3, -0.25) is 4.79 Å². The lowest BCUT2D eigenvalue weighted by molar-refractivity contribution is -0.142. The van der Waals surface area contributed by atoms with Crippen LogP contribution in [0.15, 0.2) is 42.5 Å². The zero-order chi connectivity index (χ0) is 13.8. The van der Waals surface area contributed by atoms with E-state index in [0.29, 0.717) is 5.56 Å². The van der Waals surface area contributed by atoms with Crippen LogP contribution in [0.1, 0.15) is 17.3 Å². The number of hydrogen-bond donors (Lipinski definition) is 1. The minimum Gasteiger partial charge on any atom is -0.467 e. The molecule has 0 radical (unpaired) electrons. The van der Waals surface area contributed by atoms with Gasteiger partial charge in [-0.2, -0.15) is 0 Å². The summed E-state index contributed by atoms with van der Waals surface area (Å²) < 4.78 is 4.58. The summed E-state index contributed by atoms with van der Waals surface area (Å²) in [5, 5.41) is 4.47. The quantitative estimate of drug-likeness (QED) is 0.857. The number of amides is 1. The number of nitrogens with one attached hydrogen (secondary N) is 1. The van der Waals surface area contributed by atoms with E-state index in [0.717, 1.165) is 10.8 Å². The Morgan fingerprint density at radius 1 is 1.11 bits per heavy atom. The van der Waals surface area contributed by atoms with Crippen LogP contribution >= 0.6 is 0 Å². The van der Waals surface area contributed by atoms with E-state index < -0.39 is 12.0 Å². The van der Waals surface area contributed by atoms with Gasteiger partial charge in [0.2, 0.25) is 0 Å². The van der Waals surface area contributed by atoms with Crippen molar-refractivity contribution >= 4 is 22.6 Å². The number of ether oxygens (including phenoxy) is 1. The molecule has 0 saturated heterocycles. The van der Waals surface area contributed by atoms with E-state index in [9.17, 15) is 9.59 Å². The van der Waals surface area contributed by atoms with Crippen molar-refractivity contribution in [1.82, 2.24) is 5.32 Å². The molecule has 0 fully saturated rings.